The van der Waals surface area contributed by atoms with Crippen LogP contribution in [0.1, 0.15) is 26.7 Å². The van der Waals surface area contributed by atoms with Crippen molar-refractivity contribution in [3.8, 4) is 0 Å². The zero-order chi connectivity index (χ0) is 7.40. The van der Waals surface area contributed by atoms with Gasteiger partial charge < -0.3 is 0 Å². The number of hydrogen-bond acceptors (Lipinski definition) is 0. The average Bonchev–Trinajstić information content (AvgIpc) is 2.05. The zero-order valence-corrected chi connectivity index (χ0v) is 6.72. The van der Waals surface area contributed by atoms with Crippen LogP contribution in [0.5, 0.6) is 0 Å². The van der Waals surface area contributed by atoms with Gasteiger partial charge in [-0.2, -0.15) is 0 Å². The maximum Gasteiger partial charge on any atom is -0.00674 e. The van der Waals surface area contributed by atoms with Gasteiger partial charge in [0.15, 0.2) is 0 Å². The van der Waals surface area contributed by atoms with Gasteiger partial charge in [-0.05, 0) is 25.3 Å². The molecule has 0 N–H and O–H groups in total. The Hall–Kier alpha value is -0.780. The highest BCUT2D eigenvalue weighted by Crippen LogP contribution is 2.19. The lowest BCUT2D eigenvalue weighted by Gasteiger charge is -2.08. The van der Waals surface area contributed by atoms with Crippen LogP contribution >= 0.6 is 0 Å². The normalized spacial score (nSPS) is 21.4. The molecule has 0 aliphatic heterocycles. The molecule has 54 valence electrons. The van der Waals surface area contributed by atoms with E-state index in [1.165, 1.54) is 17.6 Å². The van der Waals surface area contributed by atoms with Gasteiger partial charge in [0, 0.05) is 0 Å². The third kappa shape index (κ3) is 1.60. The van der Waals surface area contributed by atoms with Gasteiger partial charge in [0.05, 0.1) is 0 Å². The third-order valence-corrected chi connectivity index (χ3v) is 1.90. The lowest BCUT2D eigenvalue weighted by atomic mass is 9.98. The first-order valence-corrected chi connectivity index (χ1v) is 3.88. The standard InChI is InChI=1S/C10H14/c1-3-9-6-5-7-10(4-2)8-9/h3,5-7H,4,8H2,1-2H3/b9-3+. The Balaban J connectivity index is 2.68. The van der Waals surface area contributed by atoms with Gasteiger partial charge in [0.2, 0.25) is 0 Å². The maximum atomic E-state index is 2.22. The molecule has 0 spiro atoms. The summed E-state index contributed by atoms with van der Waals surface area (Å²) in [6.07, 6.45) is 11.0. The Morgan fingerprint density at radius 2 is 2.40 bits per heavy atom. The van der Waals surface area contributed by atoms with Gasteiger partial charge in [-0.25, -0.2) is 0 Å². The first-order valence-electron chi connectivity index (χ1n) is 3.88. The van der Waals surface area contributed by atoms with Crippen molar-refractivity contribution < 1.29 is 0 Å². The van der Waals surface area contributed by atoms with Gasteiger partial charge in [-0.1, -0.05) is 36.8 Å². The highest BCUT2D eigenvalue weighted by atomic mass is 14.0. The number of allylic oxidation sites excluding steroid dienone is 6. The Labute approximate surface area is 62.9 Å². The lowest BCUT2D eigenvalue weighted by Crippen LogP contribution is -1.88. The average molecular weight is 134 g/mol. The van der Waals surface area contributed by atoms with Gasteiger partial charge in [-0.3, -0.25) is 0 Å². The topological polar surface area (TPSA) is 0 Å². The van der Waals surface area contributed by atoms with E-state index in [1.807, 2.05) is 0 Å². The Bertz CT molecular complexity index is 192. The molecule has 10 heavy (non-hydrogen) atoms. The molecule has 1 aliphatic rings. The van der Waals surface area contributed by atoms with Crippen molar-refractivity contribution in [2.24, 2.45) is 0 Å². The summed E-state index contributed by atoms with van der Waals surface area (Å²) in [6.45, 7) is 4.30. The maximum absolute atomic E-state index is 2.22. The molecular weight excluding hydrogens is 120 g/mol. The van der Waals surface area contributed by atoms with Gasteiger partial charge in [0.25, 0.3) is 0 Å². The van der Waals surface area contributed by atoms with E-state index in [2.05, 4.69) is 38.2 Å². The Kier molecular flexibility index (Phi) is 2.49. The third-order valence-electron chi connectivity index (χ3n) is 1.90. The van der Waals surface area contributed by atoms with E-state index < -0.39 is 0 Å². The SMILES string of the molecule is C/C=C1\C=CC=C(CC)C1. The molecule has 0 unspecified atom stereocenters. The quantitative estimate of drug-likeness (QED) is 0.516. The van der Waals surface area contributed by atoms with E-state index in [-0.39, 0.29) is 0 Å². The highest BCUT2D eigenvalue weighted by molar-refractivity contribution is 5.33. The van der Waals surface area contributed by atoms with E-state index >= 15 is 0 Å². The van der Waals surface area contributed by atoms with E-state index in [4.69, 9.17) is 0 Å². The Morgan fingerprint density at radius 3 is 3.00 bits per heavy atom. The van der Waals surface area contributed by atoms with Crippen LogP contribution < -0.4 is 0 Å². The van der Waals surface area contributed by atoms with Crippen molar-refractivity contribution in [3.05, 3.63) is 35.5 Å². The van der Waals surface area contributed by atoms with E-state index in [0.29, 0.717) is 0 Å². The summed E-state index contributed by atoms with van der Waals surface area (Å²) < 4.78 is 0. The monoisotopic (exact) mass is 134 g/mol. The summed E-state index contributed by atoms with van der Waals surface area (Å²) in [7, 11) is 0. The van der Waals surface area contributed by atoms with Gasteiger partial charge in [-0.15, -0.1) is 0 Å². The summed E-state index contributed by atoms with van der Waals surface area (Å²) in [5, 5.41) is 0. The van der Waals surface area contributed by atoms with Gasteiger partial charge in [0.1, 0.15) is 0 Å². The van der Waals surface area contributed by atoms with E-state index in [1.54, 1.807) is 0 Å². The van der Waals surface area contributed by atoms with Crippen LogP contribution in [-0.4, -0.2) is 0 Å². The molecular formula is C10H14. The van der Waals surface area contributed by atoms with Crippen LogP contribution in [0.25, 0.3) is 0 Å². The molecule has 0 aromatic rings. The van der Waals surface area contributed by atoms with Crippen LogP contribution in [0, 0.1) is 0 Å². The first-order chi connectivity index (χ1) is 4.86. The van der Waals surface area contributed by atoms with Crippen molar-refractivity contribution in [3.63, 3.8) is 0 Å². The second-order valence-corrected chi connectivity index (χ2v) is 2.58. The van der Waals surface area contributed by atoms with Crippen LogP contribution in [0.3, 0.4) is 0 Å². The predicted octanol–water partition coefficient (Wildman–Crippen LogP) is 3.23. The fourth-order valence-electron chi connectivity index (χ4n) is 1.13. The Morgan fingerprint density at radius 1 is 1.60 bits per heavy atom. The molecule has 0 fully saturated rings. The second-order valence-electron chi connectivity index (χ2n) is 2.58. The minimum Gasteiger partial charge on any atom is -0.0841 e. The molecule has 0 atom stereocenters. The van der Waals surface area contributed by atoms with Gasteiger partial charge >= 0.3 is 0 Å². The summed E-state index contributed by atoms with van der Waals surface area (Å²) in [5.41, 5.74) is 2.98. The molecule has 1 rings (SSSR count). The molecule has 0 amide bonds. The molecule has 0 nitrogen and oxygen atoms in total. The van der Waals surface area contributed by atoms with Crippen LogP contribution in [0.4, 0.5) is 0 Å². The fraction of sp³-hybridized carbons (Fsp3) is 0.400. The van der Waals surface area contributed by atoms with Crippen molar-refractivity contribution in [1.29, 1.82) is 0 Å². The molecule has 0 aromatic heterocycles. The lowest BCUT2D eigenvalue weighted by molar-refractivity contribution is 0.996. The summed E-state index contributed by atoms with van der Waals surface area (Å²) in [4.78, 5) is 0. The molecule has 0 bridgehead atoms. The molecule has 0 saturated heterocycles. The molecule has 1 aliphatic carbocycles. The summed E-state index contributed by atoms with van der Waals surface area (Å²) >= 11 is 0. The highest BCUT2D eigenvalue weighted by Gasteiger charge is 1.99. The predicted molar refractivity (Wildman–Crippen MR) is 45.9 cm³/mol. The van der Waals surface area contributed by atoms with Crippen LogP contribution in [-0.2, 0) is 0 Å². The largest absolute Gasteiger partial charge is 0.0841 e. The van der Waals surface area contributed by atoms with Crippen molar-refractivity contribution in [1.82, 2.24) is 0 Å². The smallest absolute Gasteiger partial charge is 0.00674 e. The molecule has 0 aromatic carbocycles. The molecule has 0 heterocycles. The van der Waals surface area contributed by atoms with Crippen LogP contribution in [0.15, 0.2) is 35.5 Å². The van der Waals surface area contributed by atoms with E-state index in [9.17, 15) is 0 Å². The van der Waals surface area contributed by atoms with Crippen molar-refractivity contribution in [2.75, 3.05) is 0 Å². The van der Waals surface area contributed by atoms with E-state index in [0.717, 1.165) is 6.42 Å². The second kappa shape index (κ2) is 3.40. The summed E-state index contributed by atoms with van der Waals surface area (Å²) in [6, 6.07) is 0. The minimum atomic E-state index is 1.16. The molecule has 0 heteroatoms. The fourth-order valence-corrected chi connectivity index (χ4v) is 1.13. The molecule has 0 saturated carbocycles. The minimum absolute atomic E-state index is 1.16. The number of hydrogen-bond donors (Lipinski definition) is 0. The number of rotatable bonds is 1. The summed E-state index contributed by atoms with van der Waals surface area (Å²) in [5.74, 6) is 0. The van der Waals surface area contributed by atoms with Crippen molar-refractivity contribution in [2.45, 2.75) is 26.7 Å². The van der Waals surface area contributed by atoms with Crippen molar-refractivity contribution >= 4 is 0 Å². The first kappa shape index (κ1) is 7.33. The zero-order valence-electron chi connectivity index (χ0n) is 6.72. The van der Waals surface area contributed by atoms with Crippen LogP contribution in [0.2, 0.25) is 0 Å². The molecule has 0 radical (unpaired) electrons.